The number of hydrogen-bond donors (Lipinski definition) is 1. The maximum atomic E-state index is 12.1. The van der Waals surface area contributed by atoms with Crippen LogP contribution in [-0.4, -0.2) is 74.7 Å². The number of nitrogens with zero attached hydrogens (tertiary/aromatic N) is 2. The van der Waals surface area contributed by atoms with E-state index in [0.29, 0.717) is 6.04 Å². The summed E-state index contributed by atoms with van der Waals surface area (Å²) in [6.45, 7) is 12.2. The molecule has 0 radical (unpaired) electrons. The summed E-state index contributed by atoms with van der Waals surface area (Å²) >= 11 is 0. The van der Waals surface area contributed by atoms with E-state index < -0.39 is 5.54 Å². The number of methoxy groups -OCH3 is 1. The van der Waals surface area contributed by atoms with Crippen molar-refractivity contribution in [3.8, 4) is 0 Å². The van der Waals surface area contributed by atoms with Gasteiger partial charge >= 0.3 is 5.97 Å². The van der Waals surface area contributed by atoms with Crippen LogP contribution in [0.25, 0.3) is 0 Å². The summed E-state index contributed by atoms with van der Waals surface area (Å²) < 4.78 is 4.97. The van der Waals surface area contributed by atoms with Crippen LogP contribution in [0.15, 0.2) is 0 Å². The van der Waals surface area contributed by atoms with Gasteiger partial charge in [-0.05, 0) is 67.0 Å². The molecule has 2 unspecified atom stereocenters. The number of ether oxygens (including phenoxy) is 1. The van der Waals surface area contributed by atoms with Gasteiger partial charge in [-0.2, -0.15) is 0 Å². The Hall–Kier alpha value is -0.650. The zero-order valence-corrected chi connectivity index (χ0v) is 15.0. The van der Waals surface area contributed by atoms with Gasteiger partial charge in [0.2, 0.25) is 0 Å². The van der Waals surface area contributed by atoms with E-state index in [9.17, 15) is 4.79 Å². The SMILES string of the molecule is CCNC(C)(CC(C)N(CC)CCCN(C)C)C(=O)OC. The number of likely N-dealkylation sites (N-methyl/N-ethyl adjacent to an activating group) is 1. The Bertz CT molecular complexity index is 297. The Morgan fingerprint density at radius 2 is 1.90 bits per heavy atom. The summed E-state index contributed by atoms with van der Waals surface area (Å²) in [6.07, 6.45) is 1.89. The van der Waals surface area contributed by atoms with Gasteiger partial charge in [-0.25, -0.2) is 0 Å². The molecule has 0 spiro atoms. The highest BCUT2D eigenvalue weighted by Crippen LogP contribution is 2.18. The van der Waals surface area contributed by atoms with E-state index in [4.69, 9.17) is 4.74 Å². The zero-order chi connectivity index (χ0) is 16.5. The van der Waals surface area contributed by atoms with E-state index >= 15 is 0 Å². The lowest BCUT2D eigenvalue weighted by Crippen LogP contribution is -2.54. The fourth-order valence-corrected chi connectivity index (χ4v) is 2.84. The molecule has 0 saturated heterocycles. The molecular formula is C16H35N3O2. The molecule has 21 heavy (non-hydrogen) atoms. The summed E-state index contributed by atoms with van der Waals surface area (Å²) in [4.78, 5) is 16.7. The molecule has 2 atom stereocenters. The van der Waals surface area contributed by atoms with Gasteiger partial charge in [0, 0.05) is 6.04 Å². The molecule has 126 valence electrons. The number of carbonyl (C=O) groups is 1. The van der Waals surface area contributed by atoms with Crippen molar-refractivity contribution in [2.75, 3.05) is 47.4 Å². The lowest BCUT2D eigenvalue weighted by atomic mass is 9.92. The van der Waals surface area contributed by atoms with E-state index in [1.165, 1.54) is 7.11 Å². The minimum absolute atomic E-state index is 0.180. The van der Waals surface area contributed by atoms with Gasteiger partial charge in [0.05, 0.1) is 7.11 Å². The first kappa shape index (κ1) is 20.3. The smallest absolute Gasteiger partial charge is 0.325 e. The molecule has 0 amide bonds. The quantitative estimate of drug-likeness (QED) is 0.587. The third-order valence-electron chi connectivity index (χ3n) is 3.99. The fraction of sp³-hybridized carbons (Fsp3) is 0.938. The summed E-state index contributed by atoms with van der Waals surface area (Å²) in [6, 6.07) is 0.334. The first-order chi connectivity index (χ1) is 9.80. The van der Waals surface area contributed by atoms with Crippen LogP contribution in [-0.2, 0) is 9.53 Å². The first-order valence-electron chi connectivity index (χ1n) is 8.02. The van der Waals surface area contributed by atoms with Crippen LogP contribution in [0.5, 0.6) is 0 Å². The molecular weight excluding hydrogens is 266 g/mol. The highest BCUT2D eigenvalue weighted by Gasteiger charge is 2.36. The summed E-state index contributed by atoms with van der Waals surface area (Å²) in [5, 5.41) is 3.28. The monoisotopic (exact) mass is 301 g/mol. The lowest BCUT2D eigenvalue weighted by Gasteiger charge is -2.35. The van der Waals surface area contributed by atoms with Crippen LogP contribution in [0, 0.1) is 0 Å². The van der Waals surface area contributed by atoms with Crippen molar-refractivity contribution >= 4 is 5.97 Å². The molecule has 0 aliphatic rings. The summed E-state index contributed by atoms with van der Waals surface area (Å²) in [5.74, 6) is -0.180. The van der Waals surface area contributed by atoms with Crippen LogP contribution >= 0.6 is 0 Å². The van der Waals surface area contributed by atoms with Gasteiger partial charge in [-0.15, -0.1) is 0 Å². The third-order valence-corrected chi connectivity index (χ3v) is 3.99. The molecule has 1 N–H and O–H groups in total. The number of rotatable bonds is 11. The molecule has 5 nitrogen and oxygen atoms in total. The lowest BCUT2D eigenvalue weighted by molar-refractivity contribution is -0.148. The molecule has 0 aliphatic carbocycles. The Morgan fingerprint density at radius 1 is 1.29 bits per heavy atom. The van der Waals surface area contributed by atoms with Gasteiger partial charge in [0.25, 0.3) is 0 Å². The molecule has 0 fully saturated rings. The summed E-state index contributed by atoms with van der Waals surface area (Å²) in [5.41, 5.74) is -0.613. The van der Waals surface area contributed by atoms with Crippen LogP contribution in [0.3, 0.4) is 0 Å². The van der Waals surface area contributed by atoms with Crippen molar-refractivity contribution in [2.45, 2.75) is 52.1 Å². The van der Waals surface area contributed by atoms with Crippen molar-refractivity contribution in [3.05, 3.63) is 0 Å². The third kappa shape index (κ3) is 7.25. The van der Waals surface area contributed by atoms with Crippen molar-refractivity contribution < 1.29 is 9.53 Å². The molecule has 0 heterocycles. The van der Waals surface area contributed by atoms with Crippen molar-refractivity contribution in [1.29, 1.82) is 0 Å². The van der Waals surface area contributed by atoms with Crippen molar-refractivity contribution in [3.63, 3.8) is 0 Å². The number of nitrogens with one attached hydrogen (secondary N) is 1. The number of esters is 1. The van der Waals surface area contributed by atoms with E-state index in [-0.39, 0.29) is 5.97 Å². The standard InChI is InChI=1S/C16H35N3O2/c1-8-17-16(4,15(20)21-7)13-14(3)19(9-2)12-10-11-18(5)6/h14,17H,8-13H2,1-7H3. The average molecular weight is 301 g/mol. The number of carbonyl (C=O) groups excluding carboxylic acids is 1. The second-order valence-electron chi connectivity index (χ2n) is 6.19. The van der Waals surface area contributed by atoms with E-state index in [2.05, 4.69) is 43.1 Å². The molecule has 0 bridgehead atoms. The molecule has 0 aromatic heterocycles. The highest BCUT2D eigenvalue weighted by atomic mass is 16.5. The first-order valence-corrected chi connectivity index (χ1v) is 8.02. The zero-order valence-electron chi connectivity index (χ0n) is 15.0. The van der Waals surface area contributed by atoms with E-state index in [1.54, 1.807) is 0 Å². The van der Waals surface area contributed by atoms with Crippen LogP contribution < -0.4 is 5.32 Å². The molecule has 0 aromatic rings. The minimum Gasteiger partial charge on any atom is -0.468 e. The van der Waals surface area contributed by atoms with Crippen LogP contribution in [0.1, 0.15) is 40.5 Å². The minimum atomic E-state index is -0.613. The summed E-state index contributed by atoms with van der Waals surface area (Å²) in [7, 11) is 5.65. The topological polar surface area (TPSA) is 44.8 Å². The molecule has 0 rings (SSSR count). The molecule has 5 heteroatoms. The maximum Gasteiger partial charge on any atom is 0.325 e. The largest absolute Gasteiger partial charge is 0.468 e. The molecule has 0 aliphatic heterocycles. The number of hydrogen-bond acceptors (Lipinski definition) is 5. The average Bonchev–Trinajstić information content (AvgIpc) is 2.42. The van der Waals surface area contributed by atoms with Crippen LogP contribution in [0.4, 0.5) is 0 Å². The van der Waals surface area contributed by atoms with Crippen molar-refractivity contribution in [1.82, 2.24) is 15.1 Å². The Labute approximate surface area is 131 Å². The van der Waals surface area contributed by atoms with E-state index in [1.807, 2.05) is 13.8 Å². The van der Waals surface area contributed by atoms with Gasteiger partial charge < -0.3 is 19.9 Å². The van der Waals surface area contributed by atoms with Crippen LogP contribution in [0.2, 0.25) is 0 Å². The fourth-order valence-electron chi connectivity index (χ4n) is 2.84. The molecule has 0 aromatic carbocycles. The van der Waals surface area contributed by atoms with Gasteiger partial charge in [0.15, 0.2) is 0 Å². The predicted molar refractivity (Wildman–Crippen MR) is 88.6 cm³/mol. The Kier molecular flexibility index (Phi) is 9.83. The Morgan fingerprint density at radius 3 is 2.33 bits per heavy atom. The molecule has 0 saturated carbocycles. The second kappa shape index (κ2) is 10.1. The predicted octanol–water partition coefficient (Wildman–Crippen LogP) is 1.58. The highest BCUT2D eigenvalue weighted by molar-refractivity contribution is 5.80. The van der Waals surface area contributed by atoms with E-state index in [0.717, 1.165) is 39.0 Å². The normalized spacial score (nSPS) is 16.0. The Balaban J connectivity index is 4.62. The maximum absolute atomic E-state index is 12.1. The van der Waals surface area contributed by atoms with Gasteiger partial charge in [-0.3, -0.25) is 4.79 Å². The van der Waals surface area contributed by atoms with Crippen molar-refractivity contribution in [2.24, 2.45) is 0 Å². The second-order valence-corrected chi connectivity index (χ2v) is 6.19. The van der Waals surface area contributed by atoms with Gasteiger partial charge in [0.1, 0.15) is 5.54 Å². The van der Waals surface area contributed by atoms with Gasteiger partial charge in [-0.1, -0.05) is 13.8 Å².